The quantitative estimate of drug-likeness (QED) is 0.840. The molecule has 0 saturated carbocycles. The maximum Gasteiger partial charge on any atom is 0.253 e. The fraction of sp³-hybridized carbons (Fsp3) is 0.526. The number of amides is 1. The molecule has 4 rings (SSSR count). The lowest BCUT2D eigenvalue weighted by Crippen LogP contribution is -2.40. The molecular weight excluding hydrogens is 314 g/mol. The fourth-order valence-electron chi connectivity index (χ4n) is 3.94. The minimum Gasteiger partial charge on any atom is -0.338 e. The predicted octanol–water partition coefficient (Wildman–Crippen LogP) is 2.05. The van der Waals surface area contributed by atoms with Crippen LogP contribution in [0.3, 0.4) is 0 Å². The molecule has 0 aliphatic carbocycles. The smallest absolute Gasteiger partial charge is 0.253 e. The van der Waals surface area contributed by atoms with Crippen molar-refractivity contribution >= 4 is 5.91 Å². The van der Waals surface area contributed by atoms with E-state index in [4.69, 9.17) is 0 Å². The van der Waals surface area contributed by atoms with Gasteiger partial charge in [0.2, 0.25) is 0 Å². The summed E-state index contributed by atoms with van der Waals surface area (Å²) in [4.78, 5) is 17.1. The van der Waals surface area contributed by atoms with E-state index in [1.807, 2.05) is 36.1 Å². The zero-order chi connectivity index (χ0) is 17.4. The molecule has 132 valence electrons. The maximum absolute atomic E-state index is 12.9. The summed E-state index contributed by atoms with van der Waals surface area (Å²) < 4.78 is 2.27. The van der Waals surface area contributed by atoms with Gasteiger partial charge in [-0.2, -0.15) is 0 Å². The van der Waals surface area contributed by atoms with Gasteiger partial charge in [0.25, 0.3) is 5.91 Å². The molecule has 2 aliphatic rings. The Morgan fingerprint density at radius 2 is 2.08 bits per heavy atom. The standard InChI is InChI=1S/C19H25N5O/c1-14-5-3-6-15(11-14)19(25)23-8-4-7-16(12-23)18-21-20-17-13-22(2)9-10-24(17)18/h3,5-6,11,16H,4,7-10,12-13H2,1-2H3. The largest absolute Gasteiger partial charge is 0.338 e. The van der Waals surface area contributed by atoms with Crippen molar-refractivity contribution in [1.29, 1.82) is 0 Å². The lowest BCUT2D eigenvalue weighted by molar-refractivity contribution is 0.0702. The van der Waals surface area contributed by atoms with Gasteiger partial charge in [-0.1, -0.05) is 17.7 Å². The number of hydrogen-bond acceptors (Lipinski definition) is 4. The molecule has 2 aromatic rings. The van der Waals surface area contributed by atoms with Crippen LogP contribution in [0, 0.1) is 6.92 Å². The number of benzene rings is 1. The van der Waals surface area contributed by atoms with E-state index in [9.17, 15) is 4.79 Å². The van der Waals surface area contributed by atoms with Crippen LogP contribution in [0.2, 0.25) is 0 Å². The number of piperidine rings is 1. The first-order valence-electron chi connectivity index (χ1n) is 9.08. The first-order chi connectivity index (χ1) is 12.1. The van der Waals surface area contributed by atoms with E-state index in [0.717, 1.165) is 68.3 Å². The van der Waals surface area contributed by atoms with Gasteiger partial charge in [0.15, 0.2) is 0 Å². The molecule has 3 heterocycles. The second-order valence-corrected chi connectivity index (χ2v) is 7.32. The van der Waals surface area contributed by atoms with E-state index < -0.39 is 0 Å². The highest BCUT2D eigenvalue weighted by molar-refractivity contribution is 5.94. The lowest BCUT2D eigenvalue weighted by atomic mass is 9.96. The monoisotopic (exact) mass is 339 g/mol. The second kappa shape index (κ2) is 6.59. The minimum absolute atomic E-state index is 0.131. The second-order valence-electron chi connectivity index (χ2n) is 7.32. The number of likely N-dealkylation sites (N-methyl/N-ethyl adjacent to an activating group) is 1. The van der Waals surface area contributed by atoms with Crippen LogP contribution >= 0.6 is 0 Å². The molecule has 1 amide bonds. The summed E-state index contributed by atoms with van der Waals surface area (Å²) in [6.45, 7) is 6.40. The van der Waals surface area contributed by atoms with E-state index in [2.05, 4.69) is 26.7 Å². The van der Waals surface area contributed by atoms with Crippen LogP contribution in [-0.2, 0) is 13.1 Å². The van der Waals surface area contributed by atoms with Crippen molar-refractivity contribution in [2.45, 2.75) is 38.8 Å². The number of aryl methyl sites for hydroxylation is 1. The average Bonchev–Trinajstić information content (AvgIpc) is 3.04. The Morgan fingerprint density at radius 1 is 1.20 bits per heavy atom. The molecule has 0 radical (unpaired) electrons. The topological polar surface area (TPSA) is 54.3 Å². The van der Waals surface area contributed by atoms with Crippen LogP contribution < -0.4 is 0 Å². The summed E-state index contributed by atoms with van der Waals surface area (Å²) in [6.07, 6.45) is 2.09. The van der Waals surface area contributed by atoms with Crippen LogP contribution in [0.15, 0.2) is 24.3 Å². The highest BCUT2D eigenvalue weighted by Crippen LogP contribution is 2.28. The molecule has 1 fully saturated rings. The first-order valence-corrected chi connectivity index (χ1v) is 9.08. The third-order valence-corrected chi connectivity index (χ3v) is 5.31. The SMILES string of the molecule is Cc1cccc(C(=O)N2CCCC(c3nnc4n3CCN(C)C4)C2)c1. The minimum atomic E-state index is 0.131. The van der Waals surface area contributed by atoms with E-state index in [-0.39, 0.29) is 11.8 Å². The summed E-state index contributed by atoms with van der Waals surface area (Å²) in [6, 6.07) is 7.86. The summed E-state index contributed by atoms with van der Waals surface area (Å²) in [7, 11) is 2.11. The van der Waals surface area contributed by atoms with Gasteiger partial charge in [0.1, 0.15) is 11.6 Å². The van der Waals surface area contributed by atoms with Crippen molar-refractivity contribution in [1.82, 2.24) is 24.6 Å². The Hall–Kier alpha value is -2.21. The number of rotatable bonds is 2. The Balaban J connectivity index is 1.53. The molecule has 1 aromatic heterocycles. The van der Waals surface area contributed by atoms with Gasteiger partial charge in [-0.15, -0.1) is 10.2 Å². The van der Waals surface area contributed by atoms with Crippen LogP contribution in [0.4, 0.5) is 0 Å². The van der Waals surface area contributed by atoms with Gasteiger partial charge < -0.3 is 9.47 Å². The van der Waals surface area contributed by atoms with Crippen LogP contribution in [0.5, 0.6) is 0 Å². The number of nitrogens with zero attached hydrogens (tertiary/aromatic N) is 5. The molecule has 1 aromatic carbocycles. The van der Waals surface area contributed by atoms with Crippen molar-refractivity contribution in [3.8, 4) is 0 Å². The Morgan fingerprint density at radius 3 is 2.92 bits per heavy atom. The van der Waals surface area contributed by atoms with E-state index in [1.54, 1.807) is 0 Å². The number of carbonyl (C=O) groups excluding carboxylic acids is 1. The third kappa shape index (κ3) is 3.18. The molecule has 0 bridgehead atoms. The zero-order valence-electron chi connectivity index (χ0n) is 15.0. The highest BCUT2D eigenvalue weighted by atomic mass is 16.2. The summed E-state index contributed by atoms with van der Waals surface area (Å²) in [5.41, 5.74) is 1.90. The molecule has 0 spiro atoms. The molecule has 2 aliphatic heterocycles. The van der Waals surface area contributed by atoms with Crippen molar-refractivity contribution in [2.24, 2.45) is 0 Å². The van der Waals surface area contributed by atoms with Gasteiger partial charge in [-0.25, -0.2) is 0 Å². The average molecular weight is 339 g/mol. The van der Waals surface area contributed by atoms with Crippen LogP contribution in [0.1, 0.15) is 46.3 Å². The Kier molecular flexibility index (Phi) is 4.29. The zero-order valence-corrected chi connectivity index (χ0v) is 15.0. The number of likely N-dealkylation sites (tertiary alicyclic amines) is 1. The first kappa shape index (κ1) is 16.3. The third-order valence-electron chi connectivity index (χ3n) is 5.31. The summed E-state index contributed by atoms with van der Waals surface area (Å²) >= 11 is 0. The Bertz CT molecular complexity index is 784. The van der Waals surface area contributed by atoms with Crippen LogP contribution in [-0.4, -0.2) is 57.2 Å². The molecular formula is C19H25N5O. The summed E-state index contributed by atoms with van der Waals surface area (Å²) in [5.74, 6) is 2.52. The van der Waals surface area contributed by atoms with Crippen molar-refractivity contribution in [2.75, 3.05) is 26.7 Å². The Labute approximate surface area is 148 Å². The molecule has 1 saturated heterocycles. The molecule has 25 heavy (non-hydrogen) atoms. The highest BCUT2D eigenvalue weighted by Gasteiger charge is 2.30. The maximum atomic E-state index is 12.9. The van der Waals surface area contributed by atoms with Gasteiger partial charge in [0, 0.05) is 37.7 Å². The normalized spacial score (nSPS) is 21.2. The molecule has 0 N–H and O–H groups in total. The number of aromatic nitrogens is 3. The van der Waals surface area contributed by atoms with E-state index in [0.29, 0.717) is 0 Å². The van der Waals surface area contributed by atoms with Crippen molar-refractivity contribution in [3.05, 3.63) is 47.0 Å². The number of hydrogen-bond donors (Lipinski definition) is 0. The number of carbonyl (C=O) groups is 1. The van der Waals surface area contributed by atoms with E-state index in [1.165, 1.54) is 0 Å². The molecule has 6 nitrogen and oxygen atoms in total. The predicted molar refractivity (Wildman–Crippen MR) is 95.4 cm³/mol. The lowest BCUT2D eigenvalue weighted by Gasteiger charge is -2.33. The summed E-state index contributed by atoms with van der Waals surface area (Å²) in [5, 5.41) is 8.87. The molecule has 1 atom stereocenters. The van der Waals surface area contributed by atoms with Crippen LogP contribution in [0.25, 0.3) is 0 Å². The molecule has 6 heteroatoms. The van der Waals surface area contributed by atoms with Gasteiger partial charge >= 0.3 is 0 Å². The van der Waals surface area contributed by atoms with Gasteiger partial charge in [-0.3, -0.25) is 9.69 Å². The van der Waals surface area contributed by atoms with Gasteiger partial charge in [0.05, 0.1) is 6.54 Å². The van der Waals surface area contributed by atoms with Crippen molar-refractivity contribution in [3.63, 3.8) is 0 Å². The molecule has 1 unspecified atom stereocenters. The van der Waals surface area contributed by atoms with E-state index >= 15 is 0 Å². The van der Waals surface area contributed by atoms with Crippen molar-refractivity contribution < 1.29 is 4.79 Å². The van der Waals surface area contributed by atoms with Gasteiger partial charge in [-0.05, 0) is 38.9 Å². The fourth-order valence-corrected chi connectivity index (χ4v) is 3.94. The number of fused-ring (bicyclic) bond motifs is 1.